The monoisotopic (exact) mass is 298 g/mol. The lowest BCUT2D eigenvalue weighted by Crippen LogP contribution is -2.30. The first-order valence-corrected chi connectivity index (χ1v) is 7.77. The highest BCUT2D eigenvalue weighted by molar-refractivity contribution is 7.17. The van der Waals surface area contributed by atoms with Gasteiger partial charge in [0.2, 0.25) is 5.96 Å². The highest BCUT2D eigenvalue weighted by atomic mass is 32.1. The van der Waals surface area contributed by atoms with E-state index in [1.807, 2.05) is 20.0 Å². The number of anilines is 1. The maximum absolute atomic E-state index is 4.63. The topological polar surface area (TPSA) is 48.8 Å². The van der Waals surface area contributed by atoms with E-state index in [2.05, 4.69) is 57.2 Å². The average molecular weight is 298 g/mol. The predicted molar refractivity (Wildman–Crippen MR) is 92.3 cm³/mol. The van der Waals surface area contributed by atoms with E-state index in [9.17, 15) is 0 Å². The molecule has 2 N–H and O–H groups in total. The van der Waals surface area contributed by atoms with E-state index in [0.29, 0.717) is 5.96 Å². The van der Waals surface area contributed by atoms with Crippen LogP contribution in [0.15, 0.2) is 51.4 Å². The minimum absolute atomic E-state index is 0.0812. The van der Waals surface area contributed by atoms with Gasteiger partial charge < -0.3 is 10.6 Å². The number of hydrogen-bond donors (Lipinski definition) is 2. The molecule has 0 aliphatic carbocycles. The third kappa shape index (κ3) is 2.97. The van der Waals surface area contributed by atoms with E-state index in [1.165, 1.54) is 10.1 Å². The summed E-state index contributed by atoms with van der Waals surface area (Å²) in [5, 5.41) is 9.99. The molecule has 3 rings (SSSR count). The maximum atomic E-state index is 4.63. The second-order valence-electron chi connectivity index (χ2n) is 5.24. The predicted octanol–water partition coefficient (Wildman–Crippen LogP) is 3.98. The first-order valence-electron chi connectivity index (χ1n) is 6.89. The van der Waals surface area contributed by atoms with Gasteiger partial charge in [0.05, 0.1) is 5.69 Å². The summed E-state index contributed by atoms with van der Waals surface area (Å²) in [5.74, 6) is 0.651. The normalized spacial score (nSPS) is 17.8. The lowest BCUT2D eigenvalue weighted by molar-refractivity contribution is 0.834. The van der Waals surface area contributed by atoms with E-state index in [1.54, 1.807) is 11.3 Å². The fourth-order valence-corrected chi connectivity index (χ4v) is 3.08. The summed E-state index contributed by atoms with van der Waals surface area (Å²) in [6, 6.07) is 8.39. The van der Waals surface area contributed by atoms with Gasteiger partial charge in [0, 0.05) is 27.4 Å². The van der Waals surface area contributed by atoms with Crippen molar-refractivity contribution in [3.63, 3.8) is 0 Å². The van der Waals surface area contributed by atoms with Crippen LogP contribution in [0.1, 0.15) is 20.8 Å². The highest BCUT2D eigenvalue weighted by Gasteiger charge is 2.16. The van der Waals surface area contributed by atoms with Gasteiger partial charge in [-0.15, -0.1) is 11.3 Å². The molecule has 21 heavy (non-hydrogen) atoms. The number of fused-ring (bicyclic) bond motifs is 1. The average Bonchev–Trinajstić information content (AvgIpc) is 2.85. The lowest BCUT2D eigenvalue weighted by atomic mass is 10.2. The van der Waals surface area contributed by atoms with Gasteiger partial charge in [-0.3, -0.25) is 0 Å². The number of thiophene rings is 1. The molecule has 2 heterocycles. The van der Waals surface area contributed by atoms with Crippen LogP contribution < -0.4 is 10.6 Å². The van der Waals surface area contributed by atoms with Gasteiger partial charge in [-0.05, 0) is 32.4 Å². The van der Waals surface area contributed by atoms with Crippen molar-refractivity contribution in [2.45, 2.75) is 26.9 Å². The van der Waals surface area contributed by atoms with Crippen LogP contribution in [-0.2, 0) is 0 Å². The number of rotatable bonds is 2. The van der Waals surface area contributed by atoms with Gasteiger partial charge in [0.1, 0.15) is 6.17 Å². The molecule has 0 saturated carbocycles. The summed E-state index contributed by atoms with van der Waals surface area (Å²) in [6.07, 6.45) is 1.88. The largest absolute Gasteiger partial charge is 0.359 e. The van der Waals surface area contributed by atoms with Crippen LogP contribution >= 0.6 is 11.3 Å². The number of hydrogen-bond acceptors (Lipinski definition) is 5. The Morgan fingerprint density at radius 2 is 2.14 bits per heavy atom. The van der Waals surface area contributed by atoms with Gasteiger partial charge in [0.15, 0.2) is 0 Å². The molecule has 1 aromatic heterocycles. The van der Waals surface area contributed by atoms with Gasteiger partial charge in [-0.25, -0.2) is 9.98 Å². The lowest BCUT2D eigenvalue weighted by Gasteiger charge is -2.21. The third-order valence-electron chi connectivity index (χ3n) is 3.21. The summed E-state index contributed by atoms with van der Waals surface area (Å²) >= 11 is 1.74. The Kier molecular flexibility index (Phi) is 3.75. The number of aliphatic imine (C=N–C) groups is 2. The standard InChI is InChI=1S/C16H18N4S/c1-10(2)18-16-17-8-11(3)15(20-16)19-13-9-21-14-7-5-4-6-12(13)14/h4-9,15,19H,1-3H3,(H,17,20). The summed E-state index contributed by atoms with van der Waals surface area (Å²) in [5.41, 5.74) is 3.24. The first-order chi connectivity index (χ1) is 10.1. The molecule has 1 aromatic carbocycles. The zero-order valence-corrected chi connectivity index (χ0v) is 13.2. The SMILES string of the molecule is CC1=CNC(N=C(C)C)=NC1Nc1csc2ccccc12. The van der Waals surface area contributed by atoms with Gasteiger partial charge in [-0.2, -0.15) is 0 Å². The van der Waals surface area contributed by atoms with Crippen LogP contribution in [0.25, 0.3) is 10.1 Å². The van der Waals surface area contributed by atoms with Crippen LogP contribution in [0.2, 0.25) is 0 Å². The molecule has 2 aromatic rings. The van der Waals surface area contributed by atoms with Crippen molar-refractivity contribution in [2.75, 3.05) is 5.32 Å². The Labute approximate surface area is 128 Å². The molecule has 0 amide bonds. The quantitative estimate of drug-likeness (QED) is 0.824. The molecule has 1 aliphatic heterocycles. The Bertz CT molecular complexity index is 750. The molecule has 1 unspecified atom stereocenters. The van der Waals surface area contributed by atoms with Crippen molar-refractivity contribution in [3.05, 3.63) is 41.4 Å². The summed E-state index contributed by atoms with van der Waals surface area (Å²) in [7, 11) is 0. The number of nitrogens with one attached hydrogen (secondary N) is 2. The van der Waals surface area contributed by atoms with Crippen molar-refractivity contribution < 1.29 is 0 Å². The molecule has 0 radical (unpaired) electrons. The molecule has 0 fully saturated rings. The van der Waals surface area contributed by atoms with Crippen molar-refractivity contribution in [3.8, 4) is 0 Å². The van der Waals surface area contributed by atoms with Crippen LogP contribution in [0.5, 0.6) is 0 Å². The van der Waals surface area contributed by atoms with Crippen LogP contribution in [0.3, 0.4) is 0 Å². The van der Waals surface area contributed by atoms with Crippen molar-refractivity contribution in [2.24, 2.45) is 9.98 Å². The van der Waals surface area contributed by atoms with Crippen LogP contribution in [-0.4, -0.2) is 17.8 Å². The highest BCUT2D eigenvalue weighted by Crippen LogP contribution is 2.31. The zero-order chi connectivity index (χ0) is 14.8. The fourth-order valence-electron chi connectivity index (χ4n) is 2.17. The van der Waals surface area contributed by atoms with E-state index in [4.69, 9.17) is 0 Å². The molecule has 5 heteroatoms. The van der Waals surface area contributed by atoms with Crippen molar-refractivity contribution >= 4 is 38.8 Å². The molecule has 1 aliphatic rings. The molecule has 0 bridgehead atoms. The fraction of sp³-hybridized carbons (Fsp3) is 0.250. The molecular formula is C16H18N4S. The minimum Gasteiger partial charge on any atom is -0.359 e. The maximum Gasteiger partial charge on any atom is 0.224 e. The number of nitrogens with zero attached hydrogens (tertiary/aromatic N) is 2. The Balaban J connectivity index is 1.89. The smallest absolute Gasteiger partial charge is 0.224 e. The third-order valence-corrected chi connectivity index (χ3v) is 4.18. The second-order valence-corrected chi connectivity index (χ2v) is 6.15. The zero-order valence-electron chi connectivity index (χ0n) is 12.3. The molecule has 108 valence electrons. The number of guanidine groups is 1. The van der Waals surface area contributed by atoms with Crippen LogP contribution in [0.4, 0.5) is 5.69 Å². The molecule has 0 spiro atoms. The van der Waals surface area contributed by atoms with Gasteiger partial charge in [0.25, 0.3) is 0 Å². The Hall–Kier alpha value is -2.14. The van der Waals surface area contributed by atoms with Crippen molar-refractivity contribution in [1.82, 2.24) is 5.32 Å². The van der Waals surface area contributed by atoms with E-state index < -0.39 is 0 Å². The van der Waals surface area contributed by atoms with Crippen LogP contribution in [0, 0.1) is 0 Å². The van der Waals surface area contributed by atoms with E-state index in [-0.39, 0.29) is 6.17 Å². The number of benzene rings is 1. The minimum atomic E-state index is -0.0812. The summed E-state index contributed by atoms with van der Waals surface area (Å²) in [4.78, 5) is 9.01. The Morgan fingerprint density at radius 1 is 1.33 bits per heavy atom. The summed E-state index contributed by atoms with van der Waals surface area (Å²) < 4.78 is 1.28. The molecule has 4 nitrogen and oxygen atoms in total. The Morgan fingerprint density at radius 3 is 2.95 bits per heavy atom. The molecule has 1 atom stereocenters. The molecular weight excluding hydrogens is 280 g/mol. The van der Waals surface area contributed by atoms with Gasteiger partial charge >= 0.3 is 0 Å². The first kappa shape index (κ1) is 13.8. The second kappa shape index (κ2) is 5.69. The van der Waals surface area contributed by atoms with Crippen molar-refractivity contribution in [1.29, 1.82) is 0 Å². The van der Waals surface area contributed by atoms with Gasteiger partial charge in [-0.1, -0.05) is 18.2 Å². The van der Waals surface area contributed by atoms with E-state index >= 15 is 0 Å². The molecule has 0 saturated heterocycles. The summed E-state index contributed by atoms with van der Waals surface area (Å²) in [6.45, 7) is 5.98. The van der Waals surface area contributed by atoms with E-state index in [0.717, 1.165) is 17.0 Å².